The first-order valence-electron chi connectivity index (χ1n) is 49.4. The average Bonchev–Trinajstić information content (AvgIpc) is 1.14. The molecule has 4 aliphatic carbocycles. The highest BCUT2D eigenvalue weighted by molar-refractivity contribution is 5.02. The third kappa shape index (κ3) is 39.2. The number of piperidine rings is 1. The molecule has 7 atom stereocenters. The molecule has 11 aliphatic heterocycles. The fraction of sp³-hybridized carbons (Fsp3) is 1.00. The van der Waals surface area contributed by atoms with Gasteiger partial charge in [-0.3, -0.25) is 4.90 Å². The van der Waals surface area contributed by atoms with E-state index in [0.29, 0.717) is 65.0 Å². The Kier molecular flexibility index (Phi) is 41.5. The van der Waals surface area contributed by atoms with E-state index in [1.165, 1.54) is 194 Å². The molecule has 0 radical (unpaired) electrons. The van der Waals surface area contributed by atoms with Gasteiger partial charge in [0.05, 0.1) is 26.4 Å². The van der Waals surface area contributed by atoms with Crippen molar-refractivity contribution in [3.05, 3.63) is 0 Å². The van der Waals surface area contributed by atoms with Gasteiger partial charge in [0.1, 0.15) is 0 Å². The van der Waals surface area contributed by atoms with Crippen LogP contribution in [0.1, 0.15) is 379 Å². The molecule has 0 amide bonds. The van der Waals surface area contributed by atoms with E-state index in [1.54, 1.807) is 20.8 Å². The van der Waals surface area contributed by atoms with E-state index in [0.717, 1.165) is 129 Å². The van der Waals surface area contributed by atoms with Gasteiger partial charge in [0.2, 0.25) is 0 Å². The van der Waals surface area contributed by atoms with Crippen LogP contribution in [-0.4, -0.2) is 193 Å². The minimum Gasteiger partial charge on any atom is -0.381 e. The molecule has 702 valence electrons. The summed E-state index contributed by atoms with van der Waals surface area (Å²) in [5.41, 5.74) is 5.84. The molecule has 0 aromatic rings. The lowest BCUT2D eigenvalue weighted by Crippen LogP contribution is -2.57. The molecule has 118 heavy (non-hydrogen) atoms. The molecule has 4 saturated carbocycles. The fourth-order valence-corrected chi connectivity index (χ4v) is 19.3. The number of likely N-dealkylation sites (tertiary alicyclic amines) is 4. The van der Waals surface area contributed by atoms with Crippen molar-refractivity contribution in [1.82, 2.24) is 29.4 Å². The van der Waals surface area contributed by atoms with E-state index in [1.807, 2.05) is 0 Å². The van der Waals surface area contributed by atoms with Gasteiger partial charge in [-0.2, -0.15) is 13.2 Å². The maximum Gasteiger partial charge on any atom is 0.389 e. The molecule has 15 aliphatic rings. The van der Waals surface area contributed by atoms with Gasteiger partial charge in [-0.25, -0.2) is 0 Å². The molecule has 2 bridgehead atoms. The normalized spacial score (nSPS) is 27.8. The molecular weight excluding hydrogens is 1460 g/mol. The molecule has 11 heterocycles. The summed E-state index contributed by atoms with van der Waals surface area (Å²) in [6.07, 6.45) is 19.8. The lowest BCUT2D eigenvalue weighted by atomic mass is 9.54. The summed E-state index contributed by atoms with van der Waals surface area (Å²) in [4.78, 5) is 15.3. The first-order chi connectivity index (χ1) is 53.3. The summed E-state index contributed by atoms with van der Waals surface area (Å²) in [5, 5.41) is 0. The zero-order valence-corrected chi connectivity index (χ0v) is 86.9. The number of ether oxygens (including phenoxy) is 3. The van der Waals surface area contributed by atoms with Crippen molar-refractivity contribution >= 4 is 0 Å². The Morgan fingerprint density at radius 1 is 0.322 bits per heavy atom. The standard InChI is InChI=1S/2C11H21N.C10H19N.C10H21N.C10H18O.C9H19N.C8H17N.C8H16O.2C8H16.C7H14O.C6H11F3/c1-11(2,3)9-7-10-5-4-6-12(10)8-9;1-11(2,3)9-7-12(8-9)10-5-4-6-10;1-10(2,3)9-7-11-5-4-8(9)6-11;1-8(2)11-6-9(7-11)10(3,4)5;1-9(2,3)8-4-10(5-8)6-11-7-10;1-9(2,3)8-5-6-10(4)7-8;1-8(2,3)7-5-9(4)6-7;1-8(2,3)7-4-5-9-6-7;2*1-8(2,3)7-5-4-6-7;1-7(2,3)6-4-8-5-6;1-5(2,3)4-6(7,8)9/h2*9-10H,4-8H2,1-3H3;8-9H,4-7H2,1-3H3;8-9H,6-7H2,1-5H3;8H,4-7H2,1-3H3;8H,5-7H2,1-4H3;7H,5-6H2,1-4H3;7H,4-6H2,1-3H3;2*7H,4-6H2,1-3H3;6H,4-5H2,1-3H3;4H2,1-3H3. The van der Waals surface area contributed by atoms with Crippen LogP contribution in [0, 0.1) is 141 Å². The highest BCUT2D eigenvalue weighted by atomic mass is 19.4. The van der Waals surface area contributed by atoms with Crippen molar-refractivity contribution in [2.75, 3.05) is 139 Å². The summed E-state index contributed by atoms with van der Waals surface area (Å²) >= 11 is 0. The average molecular weight is 1670 g/mol. The van der Waals surface area contributed by atoms with Crippen molar-refractivity contribution in [3.63, 3.8) is 0 Å². The van der Waals surface area contributed by atoms with Gasteiger partial charge in [-0.05, 0) is 268 Å². The molecule has 0 aromatic carbocycles. The zero-order chi connectivity index (χ0) is 90.4. The van der Waals surface area contributed by atoms with Crippen LogP contribution in [0.2, 0.25) is 0 Å². The molecule has 15 rings (SSSR count). The second kappa shape index (κ2) is 44.6. The molecule has 7 unspecified atom stereocenters. The molecule has 12 heteroatoms. The predicted octanol–water partition coefficient (Wildman–Crippen LogP) is 27.8. The molecule has 0 N–H and O–H groups in total. The lowest BCUT2D eigenvalue weighted by Gasteiger charge is -2.57. The number of hydrogen-bond acceptors (Lipinski definition) is 9. The van der Waals surface area contributed by atoms with Crippen LogP contribution in [0.15, 0.2) is 0 Å². The summed E-state index contributed by atoms with van der Waals surface area (Å²) in [6.45, 7) is 110. The Morgan fingerprint density at radius 3 is 0.932 bits per heavy atom. The third-order valence-electron chi connectivity index (χ3n) is 31.5. The van der Waals surface area contributed by atoms with Crippen molar-refractivity contribution in [1.29, 1.82) is 0 Å². The molecule has 0 aromatic heterocycles. The van der Waals surface area contributed by atoms with Crippen LogP contribution in [0.5, 0.6) is 0 Å². The van der Waals surface area contributed by atoms with Gasteiger partial charge in [-0.1, -0.05) is 269 Å². The molecule has 11 saturated heterocycles. The Hall–Kier alpha value is -0.570. The predicted molar refractivity (Wildman–Crippen MR) is 508 cm³/mol. The van der Waals surface area contributed by atoms with Crippen LogP contribution >= 0.6 is 0 Å². The number of rotatable bonds is 2. The van der Waals surface area contributed by atoms with Crippen LogP contribution in [0.25, 0.3) is 0 Å². The molecule has 1 spiro atoms. The summed E-state index contributed by atoms with van der Waals surface area (Å²) in [5.74, 6) is 11.3. The Labute approximate surface area is 735 Å². The number of nitrogens with zero attached hydrogens (tertiary/aromatic N) is 6. The molecular formula is C106H209F3N6O3. The number of alkyl halides is 3. The van der Waals surface area contributed by atoms with Gasteiger partial charge in [0.25, 0.3) is 0 Å². The summed E-state index contributed by atoms with van der Waals surface area (Å²) in [6, 6.07) is 2.67. The quantitative estimate of drug-likeness (QED) is 0.269. The first-order valence-corrected chi connectivity index (χ1v) is 49.4. The van der Waals surface area contributed by atoms with Crippen LogP contribution in [0.4, 0.5) is 13.2 Å². The Balaban J connectivity index is 0.000000271. The van der Waals surface area contributed by atoms with Gasteiger partial charge in [-0.15, -0.1) is 0 Å². The van der Waals surface area contributed by atoms with Crippen LogP contribution < -0.4 is 0 Å². The topological polar surface area (TPSA) is 47.1 Å². The van der Waals surface area contributed by atoms with E-state index >= 15 is 0 Å². The van der Waals surface area contributed by atoms with Gasteiger partial charge in [0, 0.05) is 115 Å². The highest BCUT2D eigenvalue weighted by Gasteiger charge is 2.53. The van der Waals surface area contributed by atoms with E-state index in [2.05, 4.69) is 286 Å². The van der Waals surface area contributed by atoms with Crippen LogP contribution in [-0.2, 0) is 14.2 Å². The van der Waals surface area contributed by atoms with Crippen molar-refractivity contribution in [3.8, 4) is 0 Å². The third-order valence-corrected chi connectivity index (χ3v) is 31.5. The number of halogens is 3. The van der Waals surface area contributed by atoms with Gasteiger partial charge in [0.15, 0.2) is 0 Å². The van der Waals surface area contributed by atoms with E-state index < -0.39 is 18.0 Å². The minimum absolute atomic E-state index is 0.455. The second-order valence-corrected chi connectivity index (χ2v) is 54.8. The largest absolute Gasteiger partial charge is 0.389 e. The van der Waals surface area contributed by atoms with Gasteiger partial charge < -0.3 is 38.7 Å². The van der Waals surface area contributed by atoms with E-state index in [9.17, 15) is 13.2 Å². The van der Waals surface area contributed by atoms with E-state index in [4.69, 9.17) is 14.2 Å². The maximum absolute atomic E-state index is 11.6. The molecule has 15 fully saturated rings. The Bertz CT molecular complexity index is 2640. The van der Waals surface area contributed by atoms with Crippen molar-refractivity contribution < 1.29 is 27.4 Å². The zero-order valence-electron chi connectivity index (χ0n) is 86.9. The van der Waals surface area contributed by atoms with E-state index in [-0.39, 0.29) is 0 Å². The maximum atomic E-state index is 11.6. The van der Waals surface area contributed by atoms with Crippen LogP contribution in [0.3, 0.4) is 0 Å². The lowest BCUT2D eigenvalue weighted by molar-refractivity contribution is -0.195. The monoisotopic (exact) mass is 1670 g/mol. The highest BCUT2D eigenvalue weighted by Crippen LogP contribution is 2.57. The fourth-order valence-electron chi connectivity index (χ4n) is 19.3. The van der Waals surface area contributed by atoms with Crippen molar-refractivity contribution in [2.24, 2.45) is 141 Å². The van der Waals surface area contributed by atoms with Gasteiger partial charge >= 0.3 is 6.18 Å². The van der Waals surface area contributed by atoms with Crippen molar-refractivity contribution in [2.45, 2.75) is 403 Å². The Morgan fingerprint density at radius 2 is 0.720 bits per heavy atom. The first kappa shape index (κ1) is 110. The number of hydrogen-bond donors (Lipinski definition) is 0. The number of fused-ring (bicyclic) bond motifs is 3. The second-order valence-electron chi connectivity index (χ2n) is 54.8. The molecule has 9 nitrogen and oxygen atoms in total. The summed E-state index contributed by atoms with van der Waals surface area (Å²) in [7, 11) is 4.40. The minimum atomic E-state index is -4.02. The SMILES string of the molecule is CC(C)(C)C1CC2(COC2)C1.CC(C)(C)C1CC2CCCN2C1.CC(C)(C)C1CCC1.CC(C)(C)C1CCC1.CC(C)(C)C1CCOC1.CC(C)(C)C1CN(C2CCC2)C1.CC(C)(C)C1CN2CCC1C2.CC(C)(C)C1COC1.CC(C)(C)CC(F)(F)F.CC(C)N1CC(C(C)(C)C)C1.CN1CC(C(C)(C)C)C1.CN1CCC(C(C)(C)C)C1. The summed E-state index contributed by atoms with van der Waals surface area (Å²) < 4.78 is 50.2. The smallest absolute Gasteiger partial charge is 0.381 e.